The molecule has 114 valence electrons. The van der Waals surface area contributed by atoms with Gasteiger partial charge in [0.25, 0.3) is 0 Å². The molecule has 5 heteroatoms. The second-order valence-electron chi connectivity index (χ2n) is 5.08. The Labute approximate surface area is 118 Å². The van der Waals surface area contributed by atoms with E-state index in [0.717, 1.165) is 25.3 Å². The van der Waals surface area contributed by atoms with E-state index >= 15 is 0 Å². The molecule has 0 amide bonds. The lowest BCUT2D eigenvalue weighted by atomic mass is 10.1. The fraction of sp³-hybridized carbons (Fsp3) is 0.600. The van der Waals surface area contributed by atoms with Gasteiger partial charge in [0.15, 0.2) is 0 Å². The Balaban J connectivity index is 3.24. The van der Waals surface area contributed by atoms with Crippen molar-refractivity contribution in [2.75, 3.05) is 17.2 Å². The molecule has 1 unspecified atom stereocenters. The van der Waals surface area contributed by atoms with Crippen molar-refractivity contribution in [1.82, 2.24) is 0 Å². The van der Waals surface area contributed by atoms with Crippen molar-refractivity contribution >= 4 is 11.4 Å². The maximum atomic E-state index is 13.2. The van der Waals surface area contributed by atoms with Crippen molar-refractivity contribution in [3.8, 4) is 0 Å². The first-order valence-electron chi connectivity index (χ1n) is 7.04. The summed E-state index contributed by atoms with van der Waals surface area (Å²) in [5.41, 5.74) is 5.24. The summed E-state index contributed by atoms with van der Waals surface area (Å²) in [6, 6.07) is 4.11. The normalized spacial score (nSPS) is 13.3. The van der Waals surface area contributed by atoms with E-state index in [4.69, 9.17) is 5.73 Å². The summed E-state index contributed by atoms with van der Waals surface area (Å²) >= 11 is 0. The van der Waals surface area contributed by atoms with Gasteiger partial charge in [-0.1, -0.05) is 20.3 Å². The van der Waals surface area contributed by atoms with Crippen LogP contribution in [-0.2, 0) is 6.18 Å². The molecule has 0 aromatic heterocycles. The van der Waals surface area contributed by atoms with E-state index < -0.39 is 11.7 Å². The van der Waals surface area contributed by atoms with Gasteiger partial charge in [-0.15, -0.1) is 0 Å². The predicted octanol–water partition coefficient (Wildman–Crippen LogP) is 4.69. The largest absolute Gasteiger partial charge is 0.418 e. The Morgan fingerprint density at radius 3 is 2.40 bits per heavy atom. The number of hydrogen-bond acceptors (Lipinski definition) is 2. The van der Waals surface area contributed by atoms with Crippen LogP contribution in [0.3, 0.4) is 0 Å². The molecule has 0 aliphatic rings. The first-order chi connectivity index (χ1) is 9.31. The Morgan fingerprint density at radius 1 is 1.25 bits per heavy atom. The van der Waals surface area contributed by atoms with Crippen molar-refractivity contribution in [3.63, 3.8) is 0 Å². The first kappa shape index (κ1) is 16.7. The minimum absolute atomic E-state index is 0.0614. The highest BCUT2D eigenvalue weighted by Crippen LogP contribution is 2.38. The first-order valence-corrected chi connectivity index (χ1v) is 7.04. The molecule has 1 aromatic carbocycles. The molecule has 0 spiro atoms. The van der Waals surface area contributed by atoms with E-state index in [2.05, 4.69) is 0 Å². The highest BCUT2D eigenvalue weighted by molar-refractivity contribution is 5.61. The van der Waals surface area contributed by atoms with E-state index in [1.54, 1.807) is 0 Å². The lowest BCUT2D eigenvalue weighted by Gasteiger charge is -2.33. The third-order valence-corrected chi connectivity index (χ3v) is 3.51. The highest BCUT2D eigenvalue weighted by atomic mass is 19.4. The van der Waals surface area contributed by atoms with Gasteiger partial charge >= 0.3 is 6.18 Å². The van der Waals surface area contributed by atoms with Crippen molar-refractivity contribution in [1.29, 1.82) is 0 Å². The summed E-state index contributed by atoms with van der Waals surface area (Å²) in [5, 5.41) is 0. The molecule has 0 radical (unpaired) electrons. The quantitative estimate of drug-likeness (QED) is 0.769. The second-order valence-corrected chi connectivity index (χ2v) is 5.08. The average molecular weight is 288 g/mol. The van der Waals surface area contributed by atoms with Gasteiger partial charge in [-0.2, -0.15) is 13.2 Å². The molecule has 0 fully saturated rings. The maximum absolute atomic E-state index is 13.2. The average Bonchev–Trinajstić information content (AvgIpc) is 2.38. The van der Waals surface area contributed by atoms with Crippen LogP contribution in [0.25, 0.3) is 0 Å². The second kappa shape index (κ2) is 6.86. The van der Waals surface area contributed by atoms with Crippen LogP contribution >= 0.6 is 0 Å². The van der Waals surface area contributed by atoms with Crippen molar-refractivity contribution in [2.45, 2.75) is 52.3 Å². The third kappa shape index (κ3) is 4.05. The number of unbranched alkanes of at least 4 members (excludes halogenated alkanes) is 1. The van der Waals surface area contributed by atoms with Crippen LogP contribution in [0.1, 0.15) is 45.6 Å². The minimum Gasteiger partial charge on any atom is -0.399 e. The molecular weight excluding hydrogens is 265 g/mol. The van der Waals surface area contributed by atoms with E-state index in [9.17, 15) is 13.2 Å². The molecule has 20 heavy (non-hydrogen) atoms. The van der Waals surface area contributed by atoms with Gasteiger partial charge in [0, 0.05) is 24.0 Å². The van der Waals surface area contributed by atoms with Crippen LogP contribution in [-0.4, -0.2) is 12.6 Å². The zero-order valence-corrected chi connectivity index (χ0v) is 12.3. The lowest BCUT2D eigenvalue weighted by Crippen LogP contribution is -2.35. The topological polar surface area (TPSA) is 29.3 Å². The van der Waals surface area contributed by atoms with Crippen molar-refractivity contribution in [2.24, 2.45) is 0 Å². The monoisotopic (exact) mass is 288 g/mol. The van der Waals surface area contributed by atoms with E-state index in [0.29, 0.717) is 6.54 Å². The molecule has 1 atom stereocenters. The molecule has 0 saturated heterocycles. The molecule has 0 saturated carbocycles. The fourth-order valence-electron chi connectivity index (χ4n) is 2.16. The Morgan fingerprint density at radius 2 is 1.90 bits per heavy atom. The van der Waals surface area contributed by atoms with Crippen molar-refractivity contribution < 1.29 is 13.2 Å². The van der Waals surface area contributed by atoms with Gasteiger partial charge in [-0.3, -0.25) is 0 Å². The Kier molecular flexibility index (Phi) is 5.72. The van der Waals surface area contributed by atoms with Gasteiger partial charge < -0.3 is 10.6 Å². The molecule has 0 bridgehead atoms. The predicted molar refractivity (Wildman–Crippen MR) is 77.9 cm³/mol. The van der Waals surface area contributed by atoms with Gasteiger partial charge in [-0.25, -0.2) is 0 Å². The number of halogens is 3. The van der Waals surface area contributed by atoms with Crippen LogP contribution in [0.4, 0.5) is 24.5 Å². The molecule has 0 aliphatic carbocycles. The number of anilines is 2. The number of nitrogen functional groups attached to an aromatic ring is 1. The lowest BCUT2D eigenvalue weighted by molar-refractivity contribution is -0.137. The van der Waals surface area contributed by atoms with Crippen LogP contribution in [0.2, 0.25) is 0 Å². The summed E-state index contributed by atoms with van der Waals surface area (Å²) < 4.78 is 39.6. The van der Waals surface area contributed by atoms with E-state index in [1.807, 2.05) is 25.7 Å². The zero-order chi connectivity index (χ0) is 15.3. The maximum Gasteiger partial charge on any atom is 0.418 e. The molecule has 0 heterocycles. The van der Waals surface area contributed by atoms with Gasteiger partial charge in [-0.05, 0) is 38.0 Å². The summed E-state index contributed by atoms with van der Waals surface area (Å²) in [6.45, 7) is 6.58. The number of hydrogen-bond donors (Lipinski definition) is 1. The van der Waals surface area contributed by atoms with Gasteiger partial charge in [0.1, 0.15) is 0 Å². The smallest absolute Gasteiger partial charge is 0.399 e. The minimum atomic E-state index is -4.39. The Bertz CT molecular complexity index is 430. The van der Waals surface area contributed by atoms with Gasteiger partial charge in [0.05, 0.1) is 5.56 Å². The van der Waals surface area contributed by atoms with E-state index in [-0.39, 0.29) is 17.4 Å². The van der Waals surface area contributed by atoms with Crippen LogP contribution in [0, 0.1) is 0 Å². The fourth-order valence-corrected chi connectivity index (χ4v) is 2.16. The Hall–Kier alpha value is -1.39. The molecule has 2 N–H and O–H groups in total. The summed E-state index contributed by atoms with van der Waals surface area (Å²) in [5.74, 6) is 0. The molecule has 1 rings (SSSR count). The van der Waals surface area contributed by atoms with Crippen LogP contribution in [0.5, 0.6) is 0 Å². The third-order valence-electron chi connectivity index (χ3n) is 3.51. The number of rotatable bonds is 6. The summed E-state index contributed by atoms with van der Waals surface area (Å²) in [7, 11) is 0. The molecular formula is C15H23F3N2. The zero-order valence-electron chi connectivity index (χ0n) is 12.3. The molecule has 1 aromatic rings. The van der Waals surface area contributed by atoms with Crippen LogP contribution < -0.4 is 10.6 Å². The van der Waals surface area contributed by atoms with Crippen LogP contribution in [0.15, 0.2) is 18.2 Å². The standard InChI is InChI=1S/C15H23F3N2/c1-4-6-9-20(11(3)5-2)14-8-7-12(19)10-13(14)15(16,17)18/h7-8,10-11H,4-6,9,19H2,1-3H3. The summed E-state index contributed by atoms with van der Waals surface area (Å²) in [4.78, 5) is 1.84. The number of alkyl halides is 3. The molecule has 0 aliphatic heterocycles. The van der Waals surface area contributed by atoms with Gasteiger partial charge in [0.2, 0.25) is 0 Å². The van der Waals surface area contributed by atoms with E-state index in [1.165, 1.54) is 12.1 Å². The number of benzene rings is 1. The number of nitrogens with two attached hydrogens (primary N) is 1. The van der Waals surface area contributed by atoms with Crippen molar-refractivity contribution in [3.05, 3.63) is 23.8 Å². The highest BCUT2D eigenvalue weighted by Gasteiger charge is 2.35. The number of nitrogens with zero attached hydrogens (tertiary/aromatic N) is 1. The molecule has 2 nitrogen and oxygen atoms in total. The summed E-state index contributed by atoms with van der Waals surface area (Å²) in [6.07, 6.45) is -1.77. The SMILES string of the molecule is CCCCN(c1ccc(N)cc1C(F)(F)F)C(C)CC.